The molecule has 226 valence electrons. The molecule has 0 atom stereocenters. The van der Waals surface area contributed by atoms with Crippen LogP contribution in [0.3, 0.4) is 0 Å². The number of rotatable bonds is 10. The molecule has 0 spiro atoms. The first kappa shape index (κ1) is 32.4. The highest BCUT2D eigenvalue weighted by Gasteiger charge is 2.47. The van der Waals surface area contributed by atoms with E-state index in [-0.39, 0.29) is 0 Å². The average molecular weight is 667 g/mol. The van der Waals surface area contributed by atoms with E-state index in [4.69, 9.17) is 0 Å². The Bertz CT molecular complexity index is 1610. The molecular formula is C36H50S4Si2. The fourth-order valence-corrected chi connectivity index (χ4v) is 31.3. The summed E-state index contributed by atoms with van der Waals surface area (Å²) < 4.78 is 6.37. The van der Waals surface area contributed by atoms with E-state index in [9.17, 15) is 0 Å². The Hall–Kier alpha value is -1.03. The Morgan fingerprint density at radius 3 is 1.57 bits per heavy atom. The molecule has 1 aromatic carbocycles. The summed E-state index contributed by atoms with van der Waals surface area (Å²) in [5.74, 6) is 0. The summed E-state index contributed by atoms with van der Waals surface area (Å²) in [5, 5.41) is 7.52. The number of hydrogen-bond donors (Lipinski definition) is 0. The third-order valence-electron chi connectivity index (χ3n) is 10.6. The van der Waals surface area contributed by atoms with Crippen LogP contribution >= 0.6 is 45.3 Å². The summed E-state index contributed by atoms with van der Waals surface area (Å²) in [4.78, 5) is 2.90. The zero-order valence-corrected chi connectivity index (χ0v) is 33.0. The van der Waals surface area contributed by atoms with E-state index in [1.54, 1.807) is 9.00 Å². The van der Waals surface area contributed by atoms with E-state index < -0.39 is 16.1 Å². The van der Waals surface area contributed by atoms with Gasteiger partial charge in [0.05, 0.1) is 0 Å². The van der Waals surface area contributed by atoms with Crippen LogP contribution in [0, 0.1) is 0 Å². The largest absolute Gasteiger partial charge is 0.145 e. The highest BCUT2D eigenvalue weighted by Crippen LogP contribution is 2.50. The van der Waals surface area contributed by atoms with Crippen molar-refractivity contribution in [2.75, 3.05) is 0 Å². The summed E-state index contributed by atoms with van der Waals surface area (Å²) in [5.41, 5.74) is 7.17. The Labute approximate surface area is 273 Å². The van der Waals surface area contributed by atoms with Crippen molar-refractivity contribution in [3.05, 3.63) is 47.2 Å². The topological polar surface area (TPSA) is 0 Å². The molecule has 0 saturated carbocycles. The molecule has 0 nitrogen and oxygen atoms in total. The minimum atomic E-state index is -1.79. The van der Waals surface area contributed by atoms with Gasteiger partial charge >= 0.3 is 0 Å². The molecule has 5 rings (SSSR count). The lowest BCUT2D eigenvalue weighted by atomic mass is 10.0. The van der Waals surface area contributed by atoms with Gasteiger partial charge in [-0.2, -0.15) is 0 Å². The lowest BCUT2D eigenvalue weighted by Crippen LogP contribution is -2.54. The van der Waals surface area contributed by atoms with Gasteiger partial charge in [0.1, 0.15) is 16.1 Å². The van der Waals surface area contributed by atoms with E-state index in [0.29, 0.717) is 16.6 Å². The molecule has 0 aliphatic rings. The standard InChI is InChI=1S/C36H50S4Si2/c1-21(2)41(22(3)4,23(5)6)33-20-30-32(39-33)18-28(27-15-17-38-35(27)30)36-29(31-14-13-16-37-31)19-34(40-36)42(24(7)8,25(9)10)26(11)12/h13-26H,1-12H3. The molecule has 4 aromatic heterocycles. The first-order valence-electron chi connectivity index (χ1n) is 15.9. The van der Waals surface area contributed by atoms with Gasteiger partial charge in [-0.3, -0.25) is 0 Å². The fourth-order valence-electron chi connectivity index (χ4n) is 9.16. The molecule has 0 aliphatic heterocycles. The fraction of sp³-hybridized carbons (Fsp3) is 0.500. The molecule has 5 aromatic rings. The normalized spacial score (nSPS) is 13.6. The molecule has 42 heavy (non-hydrogen) atoms. The summed E-state index contributed by atoms with van der Waals surface area (Å²) >= 11 is 8.11. The number of thiophene rings is 4. The molecule has 0 radical (unpaired) electrons. The van der Waals surface area contributed by atoms with Gasteiger partial charge in [-0.15, -0.1) is 45.3 Å². The van der Waals surface area contributed by atoms with Gasteiger partial charge in [-0.25, -0.2) is 0 Å². The number of fused-ring (bicyclic) bond motifs is 3. The van der Waals surface area contributed by atoms with Crippen molar-refractivity contribution in [1.29, 1.82) is 0 Å². The summed E-state index contributed by atoms with van der Waals surface area (Å²) in [6.45, 7) is 30.0. The molecule has 4 heterocycles. The van der Waals surface area contributed by atoms with Crippen molar-refractivity contribution >= 4 is 90.7 Å². The van der Waals surface area contributed by atoms with Crippen LogP contribution in [-0.2, 0) is 0 Å². The van der Waals surface area contributed by atoms with Gasteiger partial charge in [-0.1, -0.05) is 89.2 Å². The average Bonchev–Trinajstić information content (AvgIpc) is 3.68. The van der Waals surface area contributed by atoms with Crippen molar-refractivity contribution in [3.63, 3.8) is 0 Å². The quantitative estimate of drug-likeness (QED) is 0.130. The van der Waals surface area contributed by atoms with Crippen molar-refractivity contribution in [3.8, 4) is 20.9 Å². The summed E-state index contributed by atoms with van der Waals surface area (Å²) in [7, 11) is -3.52. The molecular weight excluding hydrogens is 617 g/mol. The second-order valence-electron chi connectivity index (χ2n) is 14.2. The van der Waals surface area contributed by atoms with Gasteiger partial charge in [0.25, 0.3) is 0 Å². The lowest BCUT2D eigenvalue weighted by molar-refractivity contribution is 0.837. The first-order chi connectivity index (χ1) is 19.8. The maximum absolute atomic E-state index is 2.65. The van der Waals surface area contributed by atoms with E-state index in [2.05, 4.69) is 153 Å². The van der Waals surface area contributed by atoms with Crippen molar-refractivity contribution < 1.29 is 0 Å². The van der Waals surface area contributed by atoms with Gasteiger partial charge in [-0.05, 0) is 83.3 Å². The minimum Gasteiger partial charge on any atom is -0.145 e. The predicted molar refractivity (Wildman–Crippen MR) is 205 cm³/mol. The maximum atomic E-state index is 2.65. The molecule has 0 saturated heterocycles. The SMILES string of the molecule is CC(C)[Si](c1cc(-c2cccs2)c(-c2cc3sc([Si](C(C)C)(C(C)C)C(C)C)cc3c3sccc23)s1)(C(C)C)C(C)C. The van der Waals surface area contributed by atoms with Crippen molar-refractivity contribution in [2.24, 2.45) is 0 Å². The third-order valence-corrected chi connectivity index (χ3v) is 30.5. The van der Waals surface area contributed by atoms with E-state index >= 15 is 0 Å². The molecule has 6 heteroatoms. The molecule has 0 N–H and O–H groups in total. The number of benzene rings is 1. The van der Waals surface area contributed by atoms with E-state index in [1.165, 1.54) is 41.1 Å². The second-order valence-corrected chi connectivity index (χ2v) is 30.7. The van der Waals surface area contributed by atoms with Crippen LogP contribution in [0.25, 0.3) is 41.1 Å². The number of hydrogen-bond acceptors (Lipinski definition) is 4. The van der Waals surface area contributed by atoms with Crippen LogP contribution in [-0.4, -0.2) is 16.1 Å². The van der Waals surface area contributed by atoms with Crippen molar-refractivity contribution in [2.45, 2.75) is 116 Å². The van der Waals surface area contributed by atoms with Crippen LogP contribution < -0.4 is 9.00 Å². The summed E-state index contributed by atoms with van der Waals surface area (Å²) in [6, 6.07) is 14.8. The Morgan fingerprint density at radius 2 is 1.07 bits per heavy atom. The molecule has 0 aliphatic carbocycles. The van der Waals surface area contributed by atoms with Crippen LogP contribution in [0.2, 0.25) is 33.2 Å². The highest BCUT2D eigenvalue weighted by atomic mass is 32.1. The van der Waals surface area contributed by atoms with Crippen LogP contribution in [0.5, 0.6) is 0 Å². The Kier molecular flexibility index (Phi) is 9.29. The Morgan fingerprint density at radius 1 is 0.524 bits per heavy atom. The molecule has 0 unspecified atom stereocenters. The second kappa shape index (κ2) is 12.1. The monoisotopic (exact) mass is 666 g/mol. The molecule has 0 bridgehead atoms. The first-order valence-corrected chi connectivity index (χ1v) is 23.8. The van der Waals surface area contributed by atoms with E-state index in [0.717, 1.165) is 16.6 Å². The Balaban J connectivity index is 1.83. The highest BCUT2D eigenvalue weighted by molar-refractivity contribution is 7.33. The van der Waals surface area contributed by atoms with E-state index in [1.807, 2.05) is 22.7 Å². The summed E-state index contributed by atoms with van der Waals surface area (Å²) in [6.07, 6.45) is 0. The van der Waals surface area contributed by atoms with Crippen LogP contribution in [0.1, 0.15) is 83.1 Å². The molecule has 0 amide bonds. The van der Waals surface area contributed by atoms with Crippen molar-refractivity contribution in [1.82, 2.24) is 0 Å². The third kappa shape index (κ3) is 4.82. The predicted octanol–water partition coefficient (Wildman–Crippen LogP) is 13.3. The molecule has 0 fully saturated rings. The van der Waals surface area contributed by atoms with Crippen LogP contribution in [0.15, 0.2) is 47.2 Å². The van der Waals surface area contributed by atoms with Gasteiger partial charge in [0.15, 0.2) is 0 Å². The van der Waals surface area contributed by atoms with Gasteiger partial charge in [0, 0.05) is 41.1 Å². The zero-order valence-electron chi connectivity index (χ0n) is 27.7. The maximum Gasteiger partial charge on any atom is 0.107 e. The smallest absolute Gasteiger partial charge is 0.107 e. The van der Waals surface area contributed by atoms with Gasteiger partial charge < -0.3 is 0 Å². The zero-order chi connectivity index (χ0) is 30.7. The lowest BCUT2D eigenvalue weighted by Gasteiger charge is -2.42. The van der Waals surface area contributed by atoms with Gasteiger partial charge in [0.2, 0.25) is 0 Å². The minimum absolute atomic E-state index is 0.699. The van der Waals surface area contributed by atoms with Crippen LogP contribution in [0.4, 0.5) is 0 Å².